The average molecular weight is 304 g/mol. The summed E-state index contributed by atoms with van der Waals surface area (Å²) in [4.78, 5) is 12.5. The smallest absolute Gasteiger partial charge is 0.194 e. The van der Waals surface area contributed by atoms with Gasteiger partial charge in [-0.15, -0.1) is 0 Å². The summed E-state index contributed by atoms with van der Waals surface area (Å²) in [5.74, 6) is 0.0167. The third kappa shape index (κ3) is 2.31. The second-order valence-corrected chi connectivity index (χ2v) is 5.13. The molecule has 0 heterocycles. The van der Waals surface area contributed by atoms with Crippen LogP contribution in [0.15, 0.2) is 40.9 Å². The molecule has 2 nitrogen and oxygen atoms in total. The van der Waals surface area contributed by atoms with E-state index in [-0.39, 0.29) is 5.78 Å². The number of hydrogen-bond acceptors (Lipinski definition) is 2. The maximum Gasteiger partial charge on any atom is 0.194 e. The maximum atomic E-state index is 12.5. The number of hydrogen-bond donors (Lipinski definition) is 1. The van der Waals surface area contributed by atoms with E-state index in [1.807, 2.05) is 38.1 Å². The predicted octanol–water partition coefficient (Wildman–Crippen LogP) is 3.88. The van der Waals surface area contributed by atoms with Crippen LogP contribution in [0.1, 0.15) is 27.0 Å². The normalized spacial score (nSPS) is 10.4. The molecule has 0 spiro atoms. The Morgan fingerprint density at radius 1 is 1.06 bits per heavy atom. The largest absolute Gasteiger partial charge is 0.399 e. The third-order valence-electron chi connectivity index (χ3n) is 2.93. The van der Waals surface area contributed by atoms with Crippen LogP contribution < -0.4 is 5.73 Å². The molecule has 0 saturated heterocycles. The minimum atomic E-state index is 0.0167. The first-order chi connectivity index (χ1) is 8.50. The van der Waals surface area contributed by atoms with E-state index in [0.29, 0.717) is 16.8 Å². The Morgan fingerprint density at radius 3 is 2.44 bits per heavy atom. The van der Waals surface area contributed by atoms with E-state index >= 15 is 0 Å². The van der Waals surface area contributed by atoms with Crippen LogP contribution in [0.2, 0.25) is 0 Å². The summed E-state index contributed by atoms with van der Waals surface area (Å²) < 4.78 is 0.853. The van der Waals surface area contributed by atoms with Gasteiger partial charge in [-0.25, -0.2) is 0 Å². The van der Waals surface area contributed by atoms with Crippen molar-refractivity contribution in [2.45, 2.75) is 13.8 Å². The highest BCUT2D eigenvalue weighted by Gasteiger charge is 2.15. The zero-order valence-corrected chi connectivity index (χ0v) is 11.9. The van der Waals surface area contributed by atoms with Gasteiger partial charge in [0.25, 0.3) is 0 Å². The topological polar surface area (TPSA) is 43.1 Å². The second-order valence-electron chi connectivity index (χ2n) is 4.34. The molecule has 0 atom stereocenters. The van der Waals surface area contributed by atoms with Gasteiger partial charge < -0.3 is 5.73 Å². The fourth-order valence-corrected chi connectivity index (χ4v) is 2.35. The molecule has 0 fully saturated rings. The van der Waals surface area contributed by atoms with Crippen LogP contribution >= 0.6 is 15.9 Å². The second kappa shape index (κ2) is 4.94. The molecule has 0 bridgehead atoms. The molecule has 0 aliphatic heterocycles. The lowest BCUT2D eigenvalue weighted by Crippen LogP contribution is -2.05. The number of aryl methyl sites for hydroxylation is 2. The summed E-state index contributed by atoms with van der Waals surface area (Å²) in [7, 11) is 0. The number of carbonyl (C=O) groups excluding carboxylic acids is 1. The Kier molecular flexibility index (Phi) is 3.53. The number of anilines is 1. The van der Waals surface area contributed by atoms with Crippen LogP contribution in [0.3, 0.4) is 0 Å². The first-order valence-electron chi connectivity index (χ1n) is 5.66. The summed E-state index contributed by atoms with van der Waals surface area (Å²) in [6.07, 6.45) is 0. The van der Waals surface area contributed by atoms with Gasteiger partial charge >= 0.3 is 0 Å². The number of carbonyl (C=O) groups is 1. The minimum absolute atomic E-state index is 0.0167. The fourth-order valence-electron chi connectivity index (χ4n) is 1.91. The van der Waals surface area contributed by atoms with Gasteiger partial charge in [-0.3, -0.25) is 4.79 Å². The standard InChI is InChI=1S/C15H14BrNO/c1-9-4-3-5-13(14(9)16)15(18)12-7-6-11(17)8-10(12)2/h3-8H,17H2,1-2H3. The van der Waals surface area contributed by atoms with Crippen LogP contribution in [0, 0.1) is 13.8 Å². The number of rotatable bonds is 2. The van der Waals surface area contributed by atoms with E-state index in [9.17, 15) is 4.79 Å². The molecule has 2 aromatic carbocycles. The van der Waals surface area contributed by atoms with Crippen LogP contribution in [0.5, 0.6) is 0 Å². The maximum absolute atomic E-state index is 12.5. The Balaban J connectivity index is 2.51. The van der Waals surface area contributed by atoms with Gasteiger partial charge in [-0.1, -0.05) is 12.1 Å². The van der Waals surface area contributed by atoms with Crippen molar-refractivity contribution in [1.29, 1.82) is 0 Å². The van der Waals surface area contributed by atoms with Gasteiger partial charge in [0.1, 0.15) is 0 Å². The molecule has 0 aliphatic rings. The Hall–Kier alpha value is -1.61. The Morgan fingerprint density at radius 2 is 1.78 bits per heavy atom. The predicted molar refractivity (Wildman–Crippen MR) is 77.9 cm³/mol. The molecule has 2 rings (SSSR count). The summed E-state index contributed by atoms with van der Waals surface area (Å²) >= 11 is 3.47. The van der Waals surface area contributed by atoms with Gasteiger partial charge in [0.15, 0.2) is 5.78 Å². The highest BCUT2D eigenvalue weighted by molar-refractivity contribution is 9.10. The molecular formula is C15H14BrNO. The summed E-state index contributed by atoms with van der Waals surface area (Å²) in [5.41, 5.74) is 9.69. The van der Waals surface area contributed by atoms with E-state index in [4.69, 9.17) is 5.73 Å². The van der Waals surface area contributed by atoms with Crippen molar-refractivity contribution in [3.8, 4) is 0 Å². The zero-order valence-electron chi connectivity index (χ0n) is 10.3. The Labute approximate surface area is 115 Å². The number of benzene rings is 2. The quantitative estimate of drug-likeness (QED) is 0.676. The first-order valence-corrected chi connectivity index (χ1v) is 6.46. The van der Waals surface area contributed by atoms with Crippen LogP contribution in [0.4, 0.5) is 5.69 Å². The van der Waals surface area contributed by atoms with Gasteiger partial charge in [0.05, 0.1) is 0 Å². The molecule has 2 aromatic rings. The van der Waals surface area contributed by atoms with Crippen molar-refractivity contribution in [3.05, 3.63) is 63.1 Å². The van der Waals surface area contributed by atoms with E-state index in [2.05, 4.69) is 15.9 Å². The van der Waals surface area contributed by atoms with E-state index in [1.54, 1.807) is 12.1 Å². The van der Waals surface area contributed by atoms with Gasteiger partial charge in [0.2, 0.25) is 0 Å². The van der Waals surface area contributed by atoms with Crippen LogP contribution in [-0.2, 0) is 0 Å². The van der Waals surface area contributed by atoms with Crippen molar-refractivity contribution in [2.75, 3.05) is 5.73 Å². The first kappa shape index (κ1) is 12.8. The number of ketones is 1. The van der Waals surface area contributed by atoms with Gasteiger partial charge in [-0.2, -0.15) is 0 Å². The van der Waals surface area contributed by atoms with E-state index in [1.165, 1.54) is 0 Å². The molecule has 0 radical (unpaired) electrons. The van der Waals surface area contributed by atoms with Crippen molar-refractivity contribution >= 4 is 27.4 Å². The molecule has 0 aliphatic carbocycles. The number of halogens is 1. The lowest BCUT2D eigenvalue weighted by molar-refractivity contribution is 0.103. The fraction of sp³-hybridized carbons (Fsp3) is 0.133. The van der Waals surface area contributed by atoms with Gasteiger partial charge in [0, 0.05) is 21.3 Å². The Bertz CT molecular complexity index is 620. The highest BCUT2D eigenvalue weighted by Crippen LogP contribution is 2.25. The lowest BCUT2D eigenvalue weighted by atomic mass is 9.98. The molecular weight excluding hydrogens is 290 g/mol. The SMILES string of the molecule is Cc1cc(N)ccc1C(=O)c1cccc(C)c1Br. The highest BCUT2D eigenvalue weighted by atomic mass is 79.9. The third-order valence-corrected chi connectivity index (χ3v) is 3.98. The van der Waals surface area contributed by atoms with Gasteiger partial charge in [-0.05, 0) is 65.2 Å². The van der Waals surface area contributed by atoms with Crippen LogP contribution in [0.25, 0.3) is 0 Å². The van der Waals surface area contributed by atoms with Crippen molar-refractivity contribution in [2.24, 2.45) is 0 Å². The van der Waals surface area contributed by atoms with E-state index < -0.39 is 0 Å². The van der Waals surface area contributed by atoms with Crippen molar-refractivity contribution in [1.82, 2.24) is 0 Å². The molecule has 0 amide bonds. The summed E-state index contributed by atoms with van der Waals surface area (Å²) in [6, 6.07) is 11.0. The molecule has 18 heavy (non-hydrogen) atoms. The molecule has 0 aromatic heterocycles. The molecule has 3 heteroatoms. The average Bonchev–Trinajstić information content (AvgIpc) is 2.32. The lowest BCUT2D eigenvalue weighted by Gasteiger charge is -2.09. The molecule has 92 valence electrons. The minimum Gasteiger partial charge on any atom is -0.399 e. The monoisotopic (exact) mass is 303 g/mol. The number of nitrogen functional groups attached to an aromatic ring is 1. The van der Waals surface area contributed by atoms with Crippen molar-refractivity contribution < 1.29 is 4.79 Å². The van der Waals surface area contributed by atoms with Crippen molar-refractivity contribution in [3.63, 3.8) is 0 Å². The summed E-state index contributed by atoms with van der Waals surface area (Å²) in [5, 5.41) is 0. The van der Waals surface area contributed by atoms with E-state index in [0.717, 1.165) is 15.6 Å². The molecule has 0 saturated carbocycles. The van der Waals surface area contributed by atoms with Crippen LogP contribution in [-0.4, -0.2) is 5.78 Å². The summed E-state index contributed by atoms with van der Waals surface area (Å²) in [6.45, 7) is 3.87. The molecule has 2 N–H and O–H groups in total. The molecule has 0 unspecified atom stereocenters. The zero-order chi connectivity index (χ0) is 13.3. The number of nitrogens with two attached hydrogens (primary N) is 1.